The minimum atomic E-state index is -0.950. The molecule has 7 heteroatoms. The Kier molecular flexibility index (Phi) is 3.80. The van der Waals surface area contributed by atoms with E-state index in [1.165, 1.54) is 4.90 Å². The monoisotopic (exact) mass is 400 g/mol. The lowest BCUT2D eigenvalue weighted by atomic mass is 10.1. The van der Waals surface area contributed by atoms with Gasteiger partial charge in [0.15, 0.2) is 5.58 Å². The third-order valence-electron chi connectivity index (χ3n) is 4.23. The van der Waals surface area contributed by atoms with Crippen LogP contribution in [0, 0.1) is 5.92 Å². The topological polar surface area (TPSA) is 83.6 Å². The number of benzene rings is 2. The van der Waals surface area contributed by atoms with Gasteiger partial charge in [0, 0.05) is 34.8 Å². The van der Waals surface area contributed by atoms with Gasteiger partial charge in [0.1, 0.15) is 5.52 Å². The zero-order chi connectivity index (χ0) is 17.6. The zero-order valence-corrected chi connectivity index (χ0v) is 14.6. The van der Waals surface area contributed by atoms with Gasteiger partial charge in [0.05, 0.1) is 5.92 Å². The molecule has 0 saturated carbocycles. The maximum Gasteiger partial charge on any atom is 0.308 e. The number of carbonyl (C=O) groups excluding carboxylic acids is 1. The average molecular weight is 401 g/mol. The summed E-state index contributed by atoms with van der Waals surface area (Å²) in [6.07, 6.45) is 0.0209. The number of carboxylic acids is 1. The third kappa shape index (κ3) is 2.91. The minimum absolute atomic E-state index is 0.0209. The second kappa shape index (κ2) is 6.00. The maximum absolute atomic E-state index is 12.1. The molecule has 1 unspecified atom stereocenters. The number of rotatable bonds is 3. The van der Waals surface area contributed by atoms with E-state index in [-0.39, 0.29) is 18.9 Å². The van der Waals surface area contributed by atoms with E-state index in [9.17, 15) is 9.59 Å². The lowest BCUT2D eigenvalue weighted by molar-refractivity contribution is -0.141. The highest BCUT2D eigenvalue weighted by molar-refractivity contribution is 9.10. The van der Waals surface area contributed by atoms with Gasteiger partial charge in [-0.05, 0) is 30.3 Å². The van der Waals surface area contributed by atoms with Gasteiger partial charge in [-0.15, -0.1) is 0 Å². The second-order valence-electron chi connectivity index (χ2n) is 5.93. The largest absolute Gasteiger partial charge is 0.481 e. The molecule has 0 aliphatic carbocycles. The van der Waals surface area contributed by atoms with Crippen LogP contribution >= 0.6 is 15.9 Å². The SMILES string of the molecule is O=C(O)C1CC(=O)N(c2ccc3nc(-c4cccc(Br)c4)oc3c2)C1. The molecule has 1 atom stereocenters. The standard InChI is InChI=1S/C18H13BrN2O4/c19-12-3-1-2-10(6-12)17-20-14-5-4-13(8-15(14)25-17)21-9-11(18(23)24)7-16(21)22/h1-6,8,11H,7,9H2,(H,23,24). The van der Waals surface area contributed by atoms with Crippen LogP contribution in [0.4, 0.5) is 5.69 Å². The molecule has 6 nitrogen and oxygen atoms in total. The summed E-state index contributed by atoms with van der Waals surface area (Å²) in [5.41, 5.74) is 2.70. The lowest BCUT2D eigenvalue weighted by Gasteiger charge is -2.15. The number of halogens is 1. The molecule has 1 amide bonds. The van der Waals surface area contributed by atoms with Crippen molar-refractivity contribution in [2.75, 3.05) is 11.4 Å². The van der Waals surface area contributed by atoms with E-state index < -0.39 is 11.9 Å². The molecule has 1 aromatic heterocycles. The summed E-state index contributed by atoms with van der Waals surface area (Å²) in [5, 5.41) is 9.11. The summed E-state index contributed by atoms with van der Waals surface area (Å²) in [5.74, 6) is -1.33. The van der Waals surface area contributed by atoms with Gasteiger partial charge >= 0.3 is 5.97 Å². The number of hydrogen-bond donors (Lipinski definition) is 1. The first kappa shape index (κ1) is 15.8. The van der Waals surface area contributed by atoms with Crippen LogP contribution in [-0.2, 0) is 9.59 Å². The maximum atomic E-state index is 12.1. The number of aromatic nitrogens is 1. The van der Waals surface area contributed by atoms with Crippen LogP contribution in [0.1, 0.15) is 6.42 Å². The molecule has 4 rings (SSSR count). The Morgan fingerprint density at radius 3 is 2.84 bits per heavy atom. The molecule has 0 bridgehead atoms. The van der Waals surface area contributed by atoms with Crippen LogP contribution in [0.5, 0.6) is 0 Å². The Balaban J connectivity index is 1.69. The Morgan fingerprint density at radius 1 is 1.28 bits per heavy atom. The molecule has 3 aromatic rings. The summed E-state index contributed by atoms with van der Waals surface area (Å²) in [6.45, 7) is 0.173. The van der Waals surface area contributed by atoms with Crippen LogP contribution in [0.25, 0.3) is 22.6 Å². The first-order valence-corrected chi connectivity index (χ1v) is 8.50. The molecule has 25 heavy (non-hydrogen) atoms. The molecule has 2 heterocycles. The highest BCUT2D eigenvalue weighted by atomic mass is 79.9. The normalized spacial score (nSPS) is 17.4. The van der Waals surface area contributed by atoms with Crippen molar-refractivity contribution >= 4 is 44.6 Å². The lowest BCUT2D eigenvalue weighted by Crippen LogP contribution is -2.25. The number of nitrogens with zero attached hydrogens (tertiary/aromatic N) is 2. The summed E-state index contributed by atoms with van der Waals surface area (Å²) in [7, 11) is 0. The number of anilines is 1. The molecule has 0 radical (unpaired) electrons. The Labute approximate surface area is 151 Å². The number of oxazole rings is 1. The quantitative estimate of drug-likeness (QED) is 0.724. The summed E-state index contributed by atoms with van der Waals surface area (Å²) < 4.78 is 6.76. The van der Waals surface area contributed by atoms with Crippen molar-refractivity contribution in [3.8, 4) is 11.5 Å². The van der Waals surface area contributed by atoms with Gasteiger partial charge in [0.25, 0.3) is 0 Å². The minimum Gasteiger partial charge on any atom is -0.481 e. The van der Waals surface area contributed by atoms with E-state index in [1.54, 1.807) is 18.2 Å². The molecule has 0 spiro atoms. The van der Waals surface area contributed by atoms with Crippen molar-refractivity contribution in [3.63, 3.8) is 0 Å². The first-order valence-electron chi connectivity index (χ1n) is 7.71. The second-order valence-corrected chi connectivity index (χ2v) is 6.84. The van der Waals surface area contributed by atoms with Gasteiger partial charge in [-0.3, -0.25) is 9.59 Å². The Morgan fingerprint density at radius 2 is 2.12 bits per heavy atom. The fourth-order valence-corrected chi connectivity index (χ4v) is 3.35. The highest BCUT2D eigenvalue weighted by Crippen LogP contribution is 2.31. The van der Waals surface area contributed by atoms with Crippen molar-refractivity contribution < 1.29 is 19.1 Å². The molecule has 1 aliphatic rings. The number of amides is 1. The van der Waals surface area contributed by atoms with Crippen LogP contribution in [0.2, 0.25) is 0 Å². The molecule has 1 aliphatic heterocycles. The molecule has 1 saturated heterocycles. The van der Waals surface area contributed by atoms with E-state index in [0.717, 1.165) is 10.0 Å². The number of hydrogen-bond acceptors (Lipinski definition) is 4. The smallest absolute Gasteiger partial charge is 0.308 e. The van der Waals surface area contributed by atoms with Gasteiger partial charge < -0.3 is 14.4 Å². The van der Waals surface area contributed by atoms with Crippen molar-refractivity contribution in [3.05, 3.63) is 46.9 Å². The van der Waals surface area contributed by atoms with Crippen LogP contribution in [0.3, 0.4) is 0 Å². The molecular formula is C18H13BrN2O4. The van der Waals surface area contributed by atoms with Gasteiger partial charge in [0.2, 0.25) is 11.8 Å². The van der Waals surface area contributed by atoms with E-state index in [1.807, 2.05) is 24.3 Å². The number of fused-ring (bicyclic) bond motifs is 1. The van der Waals surface area contributed by atoms with Crippen LogP contribution in [-0.4, -0.2) is 28.5 Å². The Hall–Kier alpha value is -2.67. The van der Waals surface area contributed by atoms with Crippen molar-refractivity contribution in [1.82, 2.24) is 4.98 Å². The van der Waals surface area contributed by atoms with Crippen molar-refractivity contribution in [1.29, 1.82) is 0 Å². The van der Waals surface area contributed by atoms with Crippen LogP contribution in [0.15, 0.2) is 51.4 Å². The van der Waals surface area contributed by atoms with E-state index in [0.29, 0.717) is 22.7 Å². The van der Waals surface area contributed by atoms with Gasteiger partial charge in [-0.2, -0.15) is 0 Å². The molecule has 1 N–H and O–H groups in total. The molecule has 2 aromatic carbocycles. The number of aliphatic carboxylic acids is 1. The zero-order valence-electron chi connectivity index (χ0n) is 13.0. The van der Waals surface area contributed by atoms with Crippen molar-refractivity contribution in [2.24, 2.45) is 5.92 Å². The summed E-state index contributed by atoms with van der Waals surface area (Å²) >= 11 is 3.42. The molecule has 1 fully saturated rings. The third-order valence-corrected chi connectivity index (χ3v) is 4.72. The predicted molar refractivity (Wildman–Crippen MR) is 95.2 cm³/mol. The highest BCUT2D eigenvalue weighted by Gasteiger charge is 2.35. The van der Waals surface area contributed by atoms with E-state index >= 15 is 0 Å². The summed E-state index contributed by atoms with van der Waals surface area (Å²) in [4.78, 5) is 29.2. The molecular weight excluding hydrogens is 388 g/mol. The van der Waals surface area contributed by atoms with E-state index in [4.69, 9.17) is 9.52 Å². The summed E-state index contributed by atoms with van der Waals surface area (Å²) in [6, 6.07) is 12.9. The fourth-order valence-electron chi connectivity index (χ4n) is 2.95. The van der Waals surface area contributed by atoms with Crippen LogP contribution < -0.4 is 4.90 Å². The van der Waals surface area contributed by atoms with Gasteiger partial charge in [-0.1, -0.05) is 22.0 Å². The average Bonchev–Trinajstić information content (AvgIpc) is 3.17. The van der Waals surface area contributed by atoms with Gasteiger partial charge in [-0.25, -0.2) is 4.98 Å². The fraction of sp³-hybridized carbons (Fsp3) is 0.167. The number of carboxylic acid groups (broad SMARTS) is 1. The predicted octanol–water partition coefficient (Wildman–Crippen LogP) is 3.69. The van der Waals surface area contributed by atoms with E-state index in [2.05, 4.69) is 20.9 Å². The first-order chi connectivity index (χ1) is 12.0. The van der Waals surface area contributed by atoms with Crippen molar-refractivity contribution in [2.45, 2.75) is 6.42 Å². The number of carbonyl (C=O) groups is 2. The Bertz CT molecular complexity index is 998. The molecule has 126 valence electrons.